The highest BCUT2D eigenvalue weighted by molar-refractivity contribution is 6.29. The molecule has 0 N–H and O–H groups in total. The molecular weight excluding hydrogens is 246 g/mol. The van der Waals surface area contributed by atoms with Crippen LogP contribution in [0, 0.1) is 6.92 Å². The summed E-state index contributed by atoms with van der Waals surface area (Å²) < 4.78 is 0. The largest absolute Gasteiger partial charge is 0.295 e. The van der Waals surface area contributed by atoms with E-state index >= 15 is 0 Å². The van der Waals surface area contributed by atoms with Crippen LogP contribution >= 0.6 is 11.6 Å². The molecule has 0 spiro atoms. The minimum Gasteiger partial charge on any atom is -0.295 e. The Morgan fingerprint density at radius 3 is 2.50 bits per heavy atom. The molecule has 3 nitrogen and oxygen atoms in total. The number of nitrogens with zero attached hydrogens (tertiary/aromatic N) is 3. The lowest BCUT2D eigenvalue weighted by Gasteiger charge is -2.15. The van der Waals surface area contributed by atoms with Crippen LogP contribution in [0.1, 0.15) is 17.1 Å². The van der Waals surface area contributed by atoms with E-state index in [9.17, 15) is 0 Å². The molecule has 0 unspecified atom stereocenters. The molecular formula is C14H16ClN3. The van der Waals surface area contributed by atoms with Gasteiger partial charge in [-0.3, -0.25) is 4.90 Å². The van der Waals surface area contributed by atoms with E-state index in [1.54, 1.807) is 6.07 Å². The van der Waals surface area contributed by atoms with E-state index < -0.39 is 0 Å². The van der Waals surface area contributed by atoms with E-state index in [1.165, 1.54) is 5.56 Å². The molecule has 0 aliphatic heterocycles. The first-order valence-electron chi connectivity index (χ1n) is 5.86. The zero-order chi connectivity index (χ0) is 13.0. The Hall–Kier alpha value is -1.45. The summed E-state index contributed by atoms with van der Waals surface area (Å²) in [5.74, 6) is 0.762. The number of halogens is 1. The standard InChI is InChI=1S/C14H16ClN3/c1-11-8-13(15)17-14(16-11)10-18(2)9-12-6-4-3-5-7-12/h3-8H,9-10H2,1-2H3. The molecule has 1 heterocycles. The fraction of sp³-hybridized carbons (Fsp3) is 0.286. The average molecular weight is 262 g/mol. The van der Waals surface area contributed by atoms with Crippen molar-refractivity contribution in [3.63, 3.8) is 0 Å². The van der Waals surface area contributed by atoms with Gasteiger partial charge in [-0.25, -0.2) is 9.97 Å². The third-order valence-electron chi connectivity index (χ3n) is 2.58. The third kappa shape index (κ3) is 3.79. The molecule has 0 aliphatic rings. The van der Waals surface area contributed by atoms with Crippen LogP contribution in [-0.2, 0) is 13.1 Å². The molecule has 0 bridgehead atoms. The van der Waals surface area contributed by atoms with Crippen molar-refractivity contribution < 1.29 is 0 Å². The second-order valence-electron chi connectivity index (χ2n) is 4.41. The average Bonchev–Trinajstić information content (AvgIpc) is 2.28. The predicted octanol–water partition coefficient (Wildman–Crippen LogP) is 3.07. The number of rotatable bonds is 4. The smallest absolute Gasteiger partial charge is 0.144 e. The normalized spacial score (nSPS) is 10.9. The molecule has 2 rings (SSSR count). The third-order valence-corrected chi connectivity index (χ3v) is 2.77. The number of hydrogen-bond acceptors (Lipinski definition) is 3. The molecule has 0 aliphatic carbocycles. The summed E-state index contributed by atoms with van der Waals surface area (Å²) >= 11 is 5.92. The maximum Gasteiger partial charge on any atom is 0.144 e. The molecule has 0 saturated carbocycles. The summed E-state index contributed by atoms with van der Waals surface area (Å²) in [5, 5.41) is 0.505. The van der Waals surface area contributed by atoms with Gasteiger partial charge in [0.2, 0.25) is 0 Å². The van der Waals surface area contributed by atoms with Crippen molar-refractivity contribution in [1.82, 2.24) is 14.9 Å². The zero-order valence-corrected chi connectivity index (χ0v) is 11.4. The molecule has 0 radical (unpaired) electrons. The van der Waals surface area contributed by atoms with Gasteiger partial charge in [0.05, 0.1) is 6.54 Å². The van der Waals surface area contributed by atoms with Crippen LogP contribution in [0.2, 0.25) is 5.15 Å². The Kier molecular flexibility index (Phi) is 4.28. The summed E-state index contributed by atoms with van der Waals surface area (Å²) in [6, 6.07) is 12.1. The molecule has 0 fully saturated rings. The first-order valence-corrected chi connectivity index (χ1v) is 6.24. The van der Waals surface area contributed by atoms with Crippen LogP contribution in [0.4, 0.5) is 0 Å². The fourth-order valence-electron chi connectivity index (χ4n) is 1.85. The van der Waals surface area contributed by atoms with Crippen LogP contribution in [-0.4, -0.2) is 21.9 Å². The highest BCUT2D eigenvalue weighted by Gasteiger charge is 2.05. The summed E-state index contributed by atoms with van der Waals surface area (Å²) in [7, 11) is 2.05. The van der Waals surface area contributed by atoms with Gasteiger partial charge in [-0.15, -0.1) is 0 Å². The van der Waals surface area contributed by atoms with E-state index in [4.69, 9.17) is 11.6 Å². The lowest BCUT2D eigenvalue weighted by atomic mass is 10.2. The molecule has 4 heteroatoms. The predicted molar refractivity (Wildman–Crippen MR) is 73.4 cm³/mol. The van der Waals surface area contributed by atoms with Gasteiger partial charge >= 0.3 is 0 Å². The maximum absolute atomic E-state index is 5.92. The highest BCUT2D eigenvalue weighted by atomic mass is 35.5. The van der Waals surface area contributed by atoms with Crippen molar-refractivity contribution in [1.29, 1.82) is 0 Å². The van der Waals surface area contributed by atoms with E-state index in [0.29, 0.717) is 11.7 Å². The summed E-state index contributed by atoms with van der Waals surface area (Å²) in [4.78, 5) is 10.8. The Morgan fingerprint density at radius 1 is 1.11 bits per heavy atom. The van der Waals surface area contributed by atoms with Gasteiger partial charge in [0, 0.05) is 12.2 Å². The maximum atomic E-state index is 5.92. The summed E-state index contributed by atoms with van der Waals surface area (Å²) in [6.07, 6.45) is 0. The van der Waals surface area contributed by atoms with E-state index in [1.807, 2.05) is 32.2 Å². The Balaban J connectivity index is 2.01. The van der Waals surface area contributed by atoms with Crippen molar-refractivity contribution in [3.8, 4) is 0 Å². The van der Waals surface area contributed by atoms with Crippen LogP contribution < -0.4 is 0 Å². The van der Waals surface area contributed by atoms with Crippen molar-refractivity contribution in [2.45, 2.75) is 20.0 Å². The van der Waals surface area contributed by atoms with Gasteiger partial charge < -0.3 is 0 Å². The van der Waals surface area contributed by atoms with Crippen LogP contribution in [0.5, 0.6) is 0 Å². The monoisotopic (exact) mass is 261 g/mol. The lowest BCUT2D eigenvalue weighted by molar-refractivity contribution is 0.310. The van der Waals surface area contributed by atoms with Crippen LogP contribution in [0.15, 0.2) is 36.4 Å². The van der Waals surface area contributed by atoms with Crippen molar-refractivity contribution >= 4 is 11.6 Å². The van der Waals surface area contributed by atoms with Crippen molar-refractivity contribution in [2.24, 2.45) is 0 Å². The Labute approximate surface area is 112 Å². The molecule has 18 heavy (non-hydrogen) atoms. The Morgan fingerprint density at radius 2 is 1.83 bits per heavy atom. The Bertz CT molecular complexity index is 493. The van der Waals surface area contributed by atoms with Crippen molar-refractivity contribution in [2.75, 3.05) is 7.05 Å². The number of hydrogen-bond donors (Lipinski definition) is 0. The van der Waals surface area contributed by atoms with Gasteiger partial charge in [-0.1, -0.05) is 41.9 Å². The van der Waals surface area contributed by atoms with Gasteiger partial charge in [0.25, 0.3) is 0 Å². The second kappa shape index (κ2) is 5.94. The molecule has 0 atom stereocenters. The van der Waals surface area contributed by atoms with E-state index in [0.717, 1.165) is 18.1 Å². The molecule has 94 valence electrons. The van der Waals surface area contributed by atoms with Crippen LogP contribution in [0.3, 0.4) is 0 Å². The molecule has 1 aromatic carbocycles. The molecule has 2 aromatic rings. The van der Waals surface area contributed by atoms with Crippen LogP contribution in [0.25, 0.3) is 0 Å². The molecule has 0 saturated heterocycles. The van der Waals surface area contributed by atoms with Gasteiger partial charge in [-0.05, 0) is 25.6 Å². The quantitative estimate of drug-likeness (QED) is 0.792. The SMILES string of the molecule is Cc1cc(Cl)nc(CN(C)Cc2ccccc2)n1. The van der Waals surface area contributed by atoms with E-state index in [2.05, 4.69) is 27.0 Å². The lowest BCUT2D eigenvalue weighted by Crippen LogP contribution is -2.19. The molecule has 0 amide bonds. The minimum absolute atomic E-state index is 0.505. The first kappa shape index (κ1) is 13.0. The number of aromatic nitrogens is 2. The van der Waals surface area contributed by atoms with Crippen molar-refractivity contribution in [3.05, 3.63) is 58.6 Å². The summed E-state index contributed by atoms with van der Waals surface area (Å²) in [6.45, 7) is 3.49. The molecule has 1 aromatic heterocycles. The minimum atomic E-state index is 0.505. The second-order valence-corrected chi connectivity index (χ2v) is 4.79. The topological polar surface area (TPSA) is 29.0 Å². The van der Waals surface area contributed by atoms with Gasteiger partial charge in [-0.2, -0.15) is 0 Å². The van der Waals surface area contributed by atoms with Gasteiger partial charge in [0.1, 0.15) is 11.0 Å². The first-order chi connectivity index (χ1) is 8.63. The van der Waals surface area contributed by atoms with Gasteiger partial charge in [0.15, 0.2) is 0 Å². The fourth-order valence-corrected chi connectivity index (χ4v) is 2.11. The number of aryl methyl sites for hydroxylation is 1. The zero-order valence-electron chi connectivity index (χ0n) is 10.6. The summed E-state index contributed by atoms with van der Waals surface area (Å²) in [5.41, 5.74) is 2.18. The number of benzene rings is 1. The van der Waals surface area contributed by atoms with E-state index in [-0.39, 0.29) is 0 Å². The highest BCUT2D eigenvalue weighted by Crippen LogP contribution is 2.09.